The first kappa shape index (κ1) is 19.0. The summed E-state index contributed by atoms with van der Waals surface area (Å²) in [7, 11) is 0. The molecular formula is C20H32O4. The van der Waals surface area contributed by atoms with Crippen LogP contribution in [0.5, 0.6) is 0 Å². The summed E-state index contributed by atoms with van der Waals surface area (Å²) in [4.78, 5) is 22.8. The Morgan fingerprint density at radius 1 is 1.33 bits per heavy atom. The van der Waals surface area contributed by atoms with Crippen LogP contribution in [0, 0.1) is 28.6 Å². The second-order valence-corrected chi connectivity index (χ2v) is 8.63. The predicted octanol–water partition coefficient (Wildman–Crippen LogP) is 4.74. The van der Waals surface area contributed by atoms with E-state index in [9.17, 15) is 14.7 Å². The normalized spacial score (nSPS) is 37.2. The molecule has 2 aliphatic rings. The minimum Gasteiger partial charge on any atom is -0.481 e. The first-order valence-corrected chi connectivity index (χ1v) is 9.27. The minimum atomic E-state index is -0.735. The Kier molecular flexibility index (Phi) is 5.46. The molecule has 4 nitrogen and oxygen atoms in total. The van der Waals surface area contributed by atoms with Gasteiger partial charge in [-0.2, -0.15) is 0 Å². The highest BCUT2D eigenvalue weighted by Gasteiger charge is 2.52. The highest BCUT2D eigenvalue weighted by atomic mass is 16.4. The summed E-state index contributed by atoms with van der Waals surface area (Å²) < 4.78 is 0. The number of allylic oxidation sites excluding steroid dienone is 1. The van der Waals surface area contributed by atoms with E-state index in [0.29, 0.717) is 11.8 Å². The van der Waals surface area contributed by atoms with Gasteiger partial charge in [0.2, 0.25) is 0 Å². The Hall–Kier alpha value is -1.32. The number of carboxylic acid groups (broad SMARTS) is 2. The van der Waals surface area contributed by atoms with Gasteiger partial charge >= 0.3 is 11.9 Å². The molecular weight excluding hydrogens is 304 g/mol. The minimum absolute atomic E-state index is 0.0635. The fraction of sp³-hybridized carbons (Fsp3) is 0.800. The number of hydrogen-bond acceptors (Lipinski definition) is 2. The van der Waals surface area contributed by atoms with Crippen molar-refractivity contribution in [2.45, 2.75) is 72.6 Å². The van der Waals surface area contributed by atoms with Crippen LogP contribution in [0.4, 0.5) is 0 Å². The van der Waals surface area contributed by atoms with Crippen LogP contribution in [-0.2, 0) is 9.59 Å². The van der Waals surface area contributed by atoms with Crippen LogP contribution in [0.15, 0.2) is 11.6 Å². The lowest BCUT2D eigenvalue weighted by Crippen LogP contribution is -2.47. The van der Waals surface area contributed by atoms with Crippen LogP contribution < -0.4 is 0 Å². The van der Waals surface area contributed by atoms with Gasteiger partial charge in [-0.3, -0.25) is 9.59 Å². The Labute approximate surface area is 145 Å². The highest BCUT2D eigenvalue weighted by Crippen LogP contribution is 2.58. The first-order chi connectivity index (χ1) is 11.1. The molecule has 0 aromatic rings. The van der Waals surface area contributed by atoms with Gasteiger partial charge in [-0.05, 0) is 62.2 Å². The van der Waals surface area contributed by atoms with E-state index in [-0.39, 0.29) is 17.8 Å². The molecule has 2 aliphatic carbocycles. The van der Waals surface area contributed by atoms with Crippen molar-refractivity contribution < 1.29 is 19.8 Å². The van der Waals surface area contributed by atoms with E-state index in [1.165, 1.54) is 0 Å². The first-order valence-electron chi connectivity index (χ1n) is 9.27. The van der Waals surface area contributed by atoms with Gasteiger partial charge in [0, 0.05) is 6.42 Å². The Bertz CT molecular complexity index is 538. The van der Waals surface area contributed by atoms with Crippen LogP contribution in [-0.4, -0.2) is 22.2 Å². The van der Waals surface area contributed by atoms with Crippen molar-refractivity contribution in [3.05, 3.63) is 11.6 Å². The van der Waals surface area contributed by atoms with E-state index in [4.69, 9.17) is 5.11 Å². The van der Waals surface area contributed by atoms with Crippen LogP contribution in [0.3, 0.4) is 0 Å². The van der Waals surface area contributed by atoms with Crippen LogP contribution in [0.2, 0.25) is 0 Å². The molecule has 0 bridgehead atoms. The molecule has 0 unspecified atom stereocenters. The zero-order chi connectivity index (χ0) is 18.1. The quantitative estimate of drug-likeness (QED) is 0.687. The summed E-state index contributed by atoms with van der Waals surface area (Å²) in [5.74, 6) is -0.460. The average Bonchev–Trinajstić information content (AvgIpc) is 2.49. The summed E-state index contributed by atoms with van der Waals surface area (Å²) in [6.07, 6.45) is 7.94. The van der Waals surface area contributed by atoms with Crippen molar-refractivity contribution >= 4 is 11.9 Å². The molecule has 0 heterocycles. The summed E-state index contributed by atoms with van der Waals surface area (Å²) in [5, 5.41) is 18.8. The van der Waals surface area contributed by atoms with E-state index in [1.807, 2.05) is 13.8 Å². The lowest BCUT2D eigenvalue weighted by atomic mass is 9.51. The van der Waals surface area contributed by atoms with Gasteiger partial charge in [0.25, 0.3) is 0 Å². The zero-order valence-electron chi connectivity index (χ0n) is 15.5. The molecule has 1 saturated carbocycles. The molecule has 136 valence electrons. The van der Waals surface area contributed by atoms with Crippen molar-refractivity contribution in [2.75, 3.05) is 0 Å². The molecule has 0 spiro atoms. The standard InChI is InChI=1S/C20H32O4/c1-13(12-17(21)22)9-11-19(3)14(2)7-8-16-15(19)6-5-10-20(16,4)18(23)24/h8,13-15H,5-7,9-12H2,1-4H3,(H,21,22)(H,23,24)/t13-,14-,15+,19+,20+/m0/s1. The number of carbonyl (C=O) groups is 2. The molecule has 0 radical (unpaired) electrons. The van der Waals surface area contributed by atoms with E-state index < -0.39 is 17.4 Å². The van der Waals surface area contributed by atoms with E-state index >= 15 is 0 Å². The SMILES string of the molecule is C[C@@H](CC[C@@]1(C)[C@@H]2CCC[C@@](C)(C(=O)O)C2=CC[C@@H]1C)CC(=O)O. The Balaban J connectivity index is 2.22. The maximum Gasteiger partial charge on any atom is 0.313 e. The summed E-state index contributed by atoms with van der Waals surface area (Å²) >= 11 is 0. The molecule has 5 atom stereocenters. The van der Waals surface area contributed by atoms with Gasteiger partial charge in [0.15, 0.2) is 0 Å². The third-order valence-electron chi connectivity index (χ3n) is 6.97. The van der Waals surface area contributed by atoms with E-state index in [2.05, 4.69) is 19.9 Å². The van der Waals surface area contributed by atoms with E-state index in [1.54, 1.807) is 0 Å². The van der Waals surface area contributed by atoms with Gasteiger partial charge in [0.05, 0.1) is 5.41 Å². The summed E-state index contributed by atoms with van der Waals surface area (Å²) in [6.45, 7) is 8.46. The number of hydrogen-bond donors (Lipinski definition) is 2. The third-order valence-corrected chi connectivity index (χ3v) is 6.97. The molecule has 4 heteroatoms. The molecule has 1 fully saturated rings. The molecule has 0 aromatic carbocycles. The topological polar surface area (TPSA) is 74.6 Å². The zero-order valence-corrected chi connectivity index (χ0v) is 15.5. The molecule has 24 heavy (non-hydrogen) atoms. The second-order valence-electron chi connectivity index (χ2n) is 8.63. The van der Waals surface area contributed by atoms with E-state index in [0.717, 1.165) is 44.1 Å². The Morgan fingerprint density at radius 2 is 2.00 bits per heavy atom. The summed E-state index contributed by atoms with van der Waals surface area (Å²) in [5.41, 5.74) is 0.470. The highest BCUT2D eigenvalue weighted by molar-refractivity contribution is 5.78. The fourth-order valence-corrected chi connectivity index (χ4v) is 4.92. The molecule has 2 rings (SSSR count). The van der Waals surface area contributed by atoms with Crippen molar-refractivity contribution in [2.24, 2.45) is 28.6 Å². The molecule has 0 aromatic heterocycles. The van der Waals surface area contributed by atoms with Crippen molar-refractivity contribution in [3.8, 4) is 0 Å². The maximum atomic E-state index is 11.9. The molecule has 0 saturated heterocycles. The number of fused-ring (bicyclic) bond motifs is 1. The monoisotopic (exact) mass is 336 g/mol. The maximum absolute atomic E-state index is 11.9. The number of rotatable bonds is 6. The van der Waals surface area contributed by atoms with Gasteiger partial charge in [0.1, 0.15) is 0 Å². The fourth-order valence-electron chi connectivity index (χ4n) is 4.92. The summed E-state index contributed by atoms with van der Waals surface area (Å²) in [6, 6.07) is 0. The van der Waals surface area contributed by atoms with Crippen LogP contribution >= 0.6 is 0 Å². The van der Waals surface area contributed by atoms with Crippen LogP contribution in [0.1, 0.15) is 72.6 Å². The number of aliphatic carboxylic acids is 2. The largest absolute Gasteiger partial charge is 0.481 e. The van der Waals surface area contributed by atoms with Gasteiger partial charge in [-0.25, -0.2) is 0 Å². The predicted molar refractivity (Wildman–Crippen MR) is 93.7 cm³/mol. The lowest BCUT2D eigenvalue weighted by molar-refractivity contribution is -0.148. The Morgan fingerprint density at radius 3 is 2.58 bits per heavy atom. The smallest absolute Gasteiger partial charge is 0.313 e. The van der Waals surface area contributed by atoms with Crippen molar-refractivity contribution in [3.63, 3.8) is 0 Å². The number of carboxylic acids is 2. The van der Waals surface area contributed by atoms with Gasteiger partial charge < -0.3 is 10.2 Å². The van der Waals surface area contributed by atoms with Gasteiger partial charge in [-0.1, -0.05) is 38.8 Å². The van der Waals surface area contributed by atoms with Crippen molar-refractivity contribution in [1.82, 2.24) is 0 Å². The lowest BCUT2D eigenvalue weighted by Gasteiger charge is -2.53. The average molecular weight is 336 g/mol. The molecule has 2 N–H and O–H groups in total. The van der Waals surface area contributed by atoms with Crippen LogP contribution in [0.25, 0.3) is 0 Å². The third kappa shape index (κ3) is 3.38. The van der Waals surface area contributed by atoms with Crippen molar-refractivity contribution in [1.29, 1.82) is 0 Å². The second kappa shape index (κ2) is 6.89. The molecule has 0 aliphatic heterocycles. The van der Waals surface area contributed by atoms with Gasteiger partial charge in [-0.15, -0.1) is 0 Å². The molecule has 0 amide bonds.